The monoisotopic (exact) mass is 252 g/mol. The molecule has 0 heterocycles. The number of ether oxygens (including phenoxy) is 1. The van der Waals surface area contributed by atoms with E-state index < -0.39 is 6.10 Å². The van der Waals surface area contributed by atoms with Gasteiger partial charge in [-0.15, -0.1) is 0 Å². The molecule has 1 rings (SSSR count). The highest BCUT2D eigenvalue weighted by atomic mass is 16.5. The predicted molar refractivity (Wildman–Crippen MR) is 73.6 cm³/mol. The number of benzene rings is 1. The van der Waals surface area contributed by atoms with Crippen LogP contribution in [0.3, 0.4) is 0 Å². The first-order valence-corrected chi connectivity index (χ1v) is 6.26. The van der Waals surface area contributed by atoms with Crippen LogP contribution in [-0.2, 0) is 6.54 Å². The van der Waals surface area contributed by atoms with E-state index in [4.69, 9.17) is 10.5 Å². The highest BCUT2D eigenvalue weighted by Crippen LogP contribution is 2.17. The second-order valence-corrected chi connectivity index (χ2v) is 5.41. The third-order valence-corrected chi connectivity index (χ3v) is 2.49. The standard InChI is InChI=1S/C14H24N2O2/c1-14(2,3)16-9-12(17)10-18-13-7-5-4-6-11(13)8-15/h4-7,12,16-17H,8-10,15H2,1-3H3. The van der Waals surface area contributed by atoms with Crippen LogP contribution in [0.5, 0.6) is 5.75 Å². The van der Waals surface area contributed by atoms with Gasteiger partial charge in [0.2, 0.25) is 0 Å². The third-order valence-electron chi connectivity index (χ3n) is 2.49. The molecule has 4 N–H and O–H groups in total. The zero-order chi connectivity index (χ0) is 13.6. The van der Waals surface area contributed by atoms with Crippen molar-refractivity contribution in [3.8, 4) is 5.75 Å². The highest BCUT2D eigenvalue weighted by Gasteiger charge is 2.13. The van der Waals surface area contributed by atoms with Crippen molar-refractivity contribution < 1.29 is 9.84 Å². The van der Waals surface area contributed by atoms with Crippen molar-refractivity contribution in [1.82, 2.24) is 5.32 Å². The summed E-state index contributed by atoms with van der Waals surface area (Å²) < 4.78 is 5.59. The lowest BCUT2D eigenvalue weighted by molar-refractivity contribution is 0.0996. The van der Waals surface area contributed by atoms with Gasteiger partial charge in [-0.25, -0.2) is 0 Å². The van der Waals surface area contributed by atoms with E-state index in [-0.39, 0.29) is 12.1 Å². The largest absolute Gasteiger partial charge is 0.491 e. The molecule has 1 aromatic rings. The number of nitrogens with one attached hydrogen (secondary N) is 1. The van der Waals surface area contributed by atoms with Crippen molar-refractivity contribution in [3.63, 3.8) is 0 Å². The Morgan fingerprint density at radius 1 is 1.33 bits per heavy atom. The second kappa shape index (κ2) is 6.73. The average Bonchev–Trinajstić information content (AvgIpc) is 2.33. The van der Waals surface area contributed by atoms with Crippen molar-refractivity contribution in [1.29, 1.82) is 0 Å². The minimum atomic E-state index is -0.532. The summed E-state index contributed by atoms with van der Waals surface area (Å²) in [5.74, 6) is 0.745. The van der Waals surface area contributed by atoms with Gasteiger partial charge in [0.1, 0.15) is 18.5 Å². The Balaban J connectivity index is 2.40. The SMILES string of the molecule is CC(C)(C)NCC(O)COc1ccccc1CN. The molecule has 4 nitrogen and oxygen atoms in total. The van der Waals surface area contributed by atoms with Gasteiger partial charge in [0.25, 0.3) is 0 Å². The zero-order valence-corrected chi connectivity index (χ0v) is 11.4. The normalized spacial score (nSPS) is 13.4. The van der Waals surface area contributed by atoms with E-state index in [0.29, 0.717) is 13.1 Å². The van der Waals surface area contributed by atoms with Gasteiger partial charge in [-0.1, -0.05) is 18.2 Å². The van der Waals surface area contributed by atoms with Crippen molar-refractivity contribution in [2.45, 2.75) is 39.0 Å². The van der Waals surface area contributed by atoms with Crippen molar-refractivity contribution in [2.75, 3.05) is 13.2 Å². The smallest absolute Gasteiger partial charge is 0.123 e. The van der Waals surface area contributed by atoms with E-state index >= 15 is 0 Å². The summed E-state index contributed by atoms with van der Waals surface area (Å²) >= 11 is 0. The van der Waals surface area contributed by atoms with Crippen LogP contribution in [0.1, 0.15) is 26.3 Å². The average molecular weight is 252 g/mol. The summed E-state index contributed by atoms with van der Waals surface area (Å²) in [7, 11) is 0. The summed E-state index contributed by atoms with van der Waals surface area (Å²) in [6.45, 7) is 7.39. The summed E-state index contributed by atoms with van der Waals surface area (Å²) in [6.07, 6.45) is -0.532. The van der Waals surface area contributed by atoms with Gasteiger partial charge in [0.15, 0.2) is 0 Å². The summed E-state index contributed by atoms with van der Waals surface area (Å²) in [5.41, 5.74) is 6.57. The number of hydrogen-bond donors (Lipinski definition) is 3. The minimum Gasteiger partial charge on any atom is -0.491 e. The Labute approximate surface area is 109 Å². The molecule has 1 unspecified atom stereocenters. The molecule has 0 amide bonds. The molecule has 0 aliphatic carbocycles. The van der Waals surface area contributed by atoms with Gasteiger partial charge in [0.05, 0.1) is 0 Å². The number of aliphatic hydroxyl groups is 1. The molecule has 0 bridgehead atoms. The molecule has 0 fully saturated rings. The van der Waals surface area contributed by atoms with E-state index in [9.17, 15) is 5.11 Å². The molecule has 1 atom stereocenters. The van der Waals surface area contributed by atoms with Gasteiger partial charge in [-0.3, -0.25) is 0 Å². The Morgan fingerprint density at radius 3 is 2.61 bits per heavy atom. The molecule has 18 heavy (non-hydrogen) atoms. The van der Waals surface area contributed by atoms with Crippen LogP contribution in [0.2, 0.25) is 0 Å². The first-order chi connectivity index (χ1) is 8.42. The molecular formula is C14H24N2O2. The molecule has 0 saturated carbocycles. The lowest BCUT2D eigenvalue weighted by Gasteiger charge is -2.23. The molecule has 0 aromatic heterocycles. The van der Waals surface area contributed by atoms with Gasteiger partial charge in [-0.05, 0) is 26.8 Å². The Bertz CT molecular complexity index is 361. The minimum absolute atomic E-state index is 0.00382. The van der Waals surface area contributed by atoms with Crippen LogP contribution >= 0.6 is 0 Å². The number of aliphatic hydroxyl groups excluding tert-OH is 1. The van der Waals surface area contributed by atoms with Gasteiger partial charge in [-0.2, -0.15) is 0 Å². The maximum Gasteiger partial charge on any atom is 0.123 e. The molecule has 4 heteroatoms. The van der Waals surface area contributed by atoms with Gasteiger partial charge < -0.3 is 20.9 Å². The van der Waals surface area contributed by atoms with E-state index in [0.717, 1.165) is 11.3 Å². The third kappa shape index (κ3) is 5.49. The fourth-order valence-corrected chi connectivity index (χ4v) is 1.48. The maximum absolute atomic E-state index is 9.82. The summed E-state index contributed by atoms with van der Waals surface area (Å²) in [6, 6.07) is 7.61. The molecule has 1 aromatic carbocycles. The summed E-state index contributed by atoms with van der Waals surface area (Å²) in [4.78, 5) is 0. The zero-order valence-electron chi connectivity index (χ0n) is 11.4. The number of nitrogens with two attached hydrogens (primary N) is 1. The first kappa shape index (κ1) is 15.0. The summed E-state index contributed by atoms with van der Waals surface area (Å²) in [5, 5.41) is 13.1. The molecular weight excluding hydrogens is 228 g/mol. The fraction of sp³-hybridized carbons (Fsp3) is 0.571. The topological polar surface area (TPSA) is 67.5 Å². The number of β-amino-alcohol motifs (C(OH)–C–C–N with tert-alkyl or cyclic N) is 1. The molecule has 0 aliphatic rings. The van der Waals surface area contributed by atoms with E-state index in [2.05, 4.69) is 26.1 Å². The van der Waals surface area contributed by atoms with E-state index in [1.165, 1.54) is 0 Å². The van der Waals surface area contributed by atoms with Gasteiger partial charge in [0, 0.05) is 24.2 Å². The van der Waals surface area contributed by atoms with E-state index in [1.54, 1.807) is 0 Å². The van der Waals surface area contributed by atoms with Crippen LogP contribution in [0.4, 0.5) is 0 Å². The Morgan fingerprint density at radius 2 is 2.00 bits per heavy atom. The maximum atomic E-state index is 9.82. The van der Waals surface area contributed by atoms with Crippen molar-refractivity contribution in [2.24, 2.45) is 5.73 Å². The van der Waals surface area contributed by atoms with Gasteiger partial charge >= 0.3 is 0 Å². The van der Waals surface area contributed by atoms with Crippen LogP contribution in [0.15, 0.2) is 24.3 Å². The van der Waals surface area contributed by atoms with Crippen LogP contribution in [0.25, 0.3) is 0 Å². The fourth-order valence-electron chi connectivity index (χ4n) is 1.48. The Kier molecular flexibility index (Phi) is 5.59. The number of rotatable bonds is 6. The quantitative estimate of drug-likeness (QED) is 0.713. The lowest BCUT2D eigenvalue weighted by atomic mass is 10.1. The number of para-hydroxylation sites is 1. The molecule has 0 spiro atoms. The number of hydrogen-bond acceptors (Lipinski definition) is 4. The van der Waals surface area contributed by atoms with Crippen LogP contribution in [0, 0.1) is 0 Å². The second-order valence-electron chi connectivity index (χ2n) is 5.41. The lowest BCUT2D eigenvalue weighted by Crippen LogP contribution is -2.42. The molecule has 0 aliphatic heterocycles. The van der Waals surface area contributed by atoms with Crippen LogP contribution in [-0.4, -0.2) is 29.9 Å². The molecule has 102 valence electrons. The predicted octanol–water partition coefficient (Wildman–Crippen LogP) is 1.27. The van der Waals surface area contributed by atoms with Crippen LogP contribution < -0.4 is 15.8 Å². The van der Waals surface area contributed by atoms with Crippen molar-refractivity contribution >= 4 is 0 Å². The van der Waals surface area contributed by atoms with E-state index in [1.807, 2.05) is 24.3 Å². The molecule has 0 radical (unpaired) electrons. The Hall–Kier alpha value is -1.10. The first-order valence-electron chi connectivity index (χ1n) is 6.26. The molecule has 0 saturated heterocycles. The highest BCUT2D eigenvalue weighted by molar-refractivity contribution is 5.32. The van der Waals surface area contributed by atoms with Crippen molar-refractivity contribution in [3.05, 3.63) is 29.8 Å².